The molecular formula is C23H24ClN5O3S. The van der Waals surface area contributed by atoms with Gasteiger partial charge >= 0.3 is 6.03 Å². The van der Waals surface area contributed by atoms with Crippen LogP contribution in [0.2, 0.25) is 5.02 Å². The molecule has 3 aromatic rings. The van der Waals surface area contributed by atoms with Crippen LogP contribution in [0.25, 0.3) is 17.1 Å². The molecule has 2 aromatic carbocycles. The monoisotopic (exact) mass is 485 g/mol. The molecule has 1 fully saturated rings. The number of amides is 3. The molecule has 10 heteroatoms. The molecule has 1 saturated carbocycles. The number of benzene rings is 2. The molecule has 33 heavy (non-hydrogen) atoms. The number of ether oxygens (including phenoxy) is 1. The maximum atomic E-state index is 12.4. The molecule has 172 valence electrons. The summed E-state index contributed by atoms with van der Waals surface area (Å²) in [6.07, 6.45) is 4.11. The van der Waals surface area contributed by atoms with E-state index in [9.17, 15) is 9.59 Å². The number of hydrogen-bond acceptors (Lipinski definition) is 6. The van der Waals surface area contributed by atoms with Crippen molar-refractivity contribution in [2.45, 2.75) is 36.9 Å². The minimum absolute atomic E-state index is 0.0158. The minimum atomic E-state index is -0.455. The Kier molecular flexibility index (Phi) is 7.51. The number of carbonyl (C=O) groups is 2. The Bertz CT molecular complexity index is 1130. The first kappa shape index (κ1) is 23.1. The molecule has 1 aliphatic rings. The molecule has 1 aliphatic carbocycles. The summed E-state index contributed by atoms with van der Waals surface area (Å²) in [7, 11) is 1.60. The molecule has 0 unspecified atom stereocenters. The van der Waals surface area contributed by atoms with E-state index in [-0.39, 0.29) is 11.8 Å². The van der Waals surface area contributed by atoms with Crippen LogP contribution in [0.4, 0.5) is 4.79 Å². The van der Waals surface area contributed by atoms with Crippen molar-refractivity contribution < 1.29 is 14.3 Å². The molecule has 1 heterocycles. The molecule has 4 rings (SSSR count). The Morgan fingerprint density at radius 3 is 2.64 bits per heavy atom. The van der Waals surface area contributed by atoms with E-state index in [1.165, 1.54) is 11.8 Å². The van der Waals surface area contributed by atoms with Crippen molar-refractivity contribution in [1.29, 1.82) is 0 Å². The zero-order valence-corrected chi connectivity index (χ0v) is 19.7. The second-order valence-electron chi connectivity index (χ2n) is 7.64. The zero-order valence-electron chi connectivity index (χ0n) is 18.1. The molecule has 0 saturated heterocycles. The number of rotatable bonds is 7. The maximum absolute atomic E-state index is 12.4. The minimum Gasteiger partial charge on any atom is -0.497 e. The Hall–Kier alpha value is -3.04. The van der Waals surface area contributed by atoms with Gasteiger partial charge in [0.2, 0.25) is 5.91 Å². The van der Waals surface area contributed by atoms with Gasteiger partial charge in [-0.15, -0.1) is 10.2 Å². The highest BCUT2D eigenvalue weighted by Gasteiger charge is 2.20. The normalized spacial score (nSPS) is 13.6. The lowest BCUT2D eigenvalue weighted by Gasteiger charge is -2.13. The summed E-state index contributed by atoms with van der Waals surface area (Å²) in [6, 6.07) is 14.5. The standard InChI is InChI=1S/C23H24ClN5O3S/c1-32-19-8-4-5-15(13-19)21-27-28-23(29(21)18-11-9-16(24)10-12-18)33-14-20(30)26-22(31)25-17-6-2-3-7-17/h4-5,8-13,17H,2-3,6-7,14H2,1H3,(H2,25,26,30,31). The summed E-state index contributed by atoms with van der Waals surface area (Å²) < 4.78 is 7.19. The van der Waals surface area contributed by atoms with E-state index in [0.29, 0.717) is 21.8 Å². The second-order valence-corrected chi connectivity index (χ2v) is 9.02. The van der Waals surface area contributed by atoms with Gasteiger partial charge in [-0.25, -0.2) is 4.79 Å². The number of methoxy groups -OCH3 is 1. The number of halogens is 1. The van der Waals surface area contributed by atoms with Crippen LogP contribution in [0.15, 0.2) is 53.7 Å². The predicted octanol–water partition coefficient (Wildman–Crippen LogP) is 4.46. The Balaban J connectivity index is 1.52. The fourth-order valence-electron chi connectivity index (χ4n) is 3.72. The first-order valence-electron chi connectivity index (χ1n) is 10.6. The molecule has 1 aromatic heterocycles. The van der Waals surface area contributed by atoms with Crippen LogP contribution in [-0.2, 0) is 4.79 Å². The average Bonchev–Trinajstić information content (AvgIpc) is 3.48. The van der Waals surface area contributed by atoms with Crippen molar-refractivity contribution in [2.75, 3.05) is 12.9 Å². The van der Waals surface area contributed by atoms with E-state index in [4.69, 9.17) is 16.3 Å². The lowest BCUT2D eigenvalue weighted by Crippen LogP contribution is -2.44. The molecule has 8 nitrogen and oxygen atoms in total. The lowest BCUT2D eigenvalue weighted by molar-refractivity contribution is -0.117. The molecule has 3 amide bonds. The van der Waals surface area contributed by atoms with E-state index in [1.807, 2.05) is 41.0 Å². The van der Waals surface area contributed by atoms with Crippen molar-refractivity contribution in [3.8, 4) is 22.8 Å². The predicted molar refractivity (Wildman–Crippen MR) is 128 cm³/mol. The van der Waals surface area contributed by atoms with Crippen molar-refractivity contribution in [1.82, 2.24) is 25.4 Å². The van der Waals surface area contributed by atoms with Crippen molar-refractivity contribution >= 4 is 35.3 Å². The number of hydrogen-bond donors (Lipinski definition) is 2. The molecule has 0 radical (unpaired) electrons. The fraction of sp³-hybridized carbons (Fsp3) is 0.304. The third-order valence-corrected chi connectivity index (χ3v) is 6.50. The molecule has 0 aliphatic heterocycles. The summed E-state index contributed by atoms with van der Waals surface area (Å²) in [6.45, 7) is 0. The summed E-state index contributed by atoms with van der Waals surface area (Å²) >= 11 is 7.27. The van der Waals surface area contributed by atoms with Gasteiger partial charge in [-0.05, 0) is 49.2 Å². The first-order chi connectivity index (χ1) is 16.0. The van der Waals surface area contributed by atoms with E-state index in [2.05, 4.69) is 20.8 Å². The van der Waals surface area contributed by atoms with E-state index in [1.54, 1.807) is 19.2 Å². The SMILES string of the molecule is COc1cccc(-c2nnc(SCC(=O)NC(=O)NC3CCCC3)n2-c2ccc(Cl)cc2)c1. The van der Waals surface area contributed by atoms with Gasteiger partial charge in [-0.1, -0.05) is 48.3 Å². The van der Waals surface area contributed by atoms with E-state index in [0.717, 1.165) is 36.9 Å². The molecule has 2 N–H and O–H groups in total. The number of carbonyl (C=O) groups excluding carboxylic acids is 2. The van der Waals surface area contributed by atoms with E-state index >= 15 is 0 Å². The van der Waals surface area contributed by atoms with Crippen LogP contribution in [0, 0.1) is 0 Å². The highest BCUT2D eigenvalue weighted by atomic mass is 35.5. The number of urea groups is 1. The van der Waals surface area contributed by atoms with Crippen LogP contribution in [0.1, 0.15) is 25.7 Å². The molecular weight excluding hydrogens is 462 g/mol. The van der Waals surface area contributed by atoms with Crippen LogP contribution in [-0.4, -0.2) is 45.6 Å². The molecule has 0 atom stereocenters. The Labute approximate surface area is 201 Å². The number of aromatic nitrogens is 3. The van der Waals surface area contributed by atoms with Gasteiger partial charge < -0.3 is 10.1 Å². The van der Waals surface area contributed by atoms with Crippen LogP contribution >= 0.6 is 23.4 Å². The fourth-order valence-corrected chi connectivity index (χ4v) is 4.60. The van der Waals surface area contributed by atoms with Crippen LogP contribution < -0.4 is 15.4 Å². The summed E-state index contributed by atoms with van der Waals surface area (Å²) in [4.78, 5) is 24.4. The third kappa shape index (κ3) is 5.85. The van der Waals surface area contributed by atoms with Crippen LogP contribution in [0.5, 0.6) is 5.75 Å². The largest absolute Gasteiger partial charge is 0.497 e. The smallest absolute Gasteiger partial charge is 0.321 e. The quantitative estimate of drug-likeness (QED) is 0.479. The zero-order chi connectivity index (χ0) is 23.2. The Morgan fingerprint density at radius 2 is 1.91 bits per heavy atom. The van der Waals surface area contributed by atoms with Gasteiger partial charge in [0.05, 0.1) is 12.9 Å². The van der Waals surface area contributed by atoms with Crippen molar-refractivity contribution in [2.24, 2.45) is 0 Å². The van der Waals surface area contributed by atoms with Gasteiger partial charge in [0.1, 0.15) is 5.75 Å². The van der Waals surface area contributed by atoms with Gasteiger partial charge in [-0.3, -0.25) is 14.7 Å². The third-order valence-electron chi connectivity index (χ3n) is 5.32. The summed E-state index contributed by atoms with van der Waals surface area (Å²) in [5, 5.41) is 15.0. The highest BCUT2D eigenvalue weighted by molar-refractivity contribution is 7.99. The second kappa shape index (κ2) is 10.7. The van der Waals surface area contributed by atoms with Gasteiger partial charge in [0, 0.05) is 22.3 Å². The number of thioether (sulfide) groups is 1. The van der Waals surface area contributed by atoms with Crippen molar-refractivity contribution in [3.63, 3.8) is 0 Å². The number of nitrogens with zero attached hydrogens (tertiary/aromatic N) is 3. The maximum Gasteiger partial charge on any atom is 0.321 e. The number of nitrogens with one attached hydrogen (secondary N) is 2. The average molecular weight is 486 g/mol. The number of imide groups is 1. The summed E-state index contributed by atoms with van der Waals surface area (Å²) in [5.41, 5.74) is 1.60. The molecule has 0 bridgehead atoms. The first-order valence-corrected chi connectivity index (χ1v) is 12.0. The Morgan fingerprint density at radius 1 is 1.15 bits per heavy atom. The van der Waals surface area contributed by atoms with Gasteiger partial charge in [0.25, 0.3) is 0 Å². The van der Waals surface area contributed by atoms with Crippen LogP contribution in [0.3, 0.4) is 0 Å². The lowest BCUT2D eigenvalue weighted by atomic mass is 10.2. The topological polar surface area (TPSA) is 98.1 Å². The molecule has 0 spiro atoms. The highest BCUT2D eigenvalue weighted by Crippen LogP contribution is 2.30. The summed E-state index contributed by atoms with van der Waals surface area (Å²) in [5.74, 6) is 0.907. The van der Waals surface area contributed by atoms with E-state index < -0.39 is 11.9 Å². The van der Waals surface area contributed by atoms with Crippen molar-refractivity contribution in [3.05, 3.63) is 53.6 Å². The van der Waals surface area contributed by atoms with Gasteiger partial charge in [0.15, 0.2) is 11.0 Å². The van der Waals surface area contributed by atoms with Gasteiger partial charge in [-0.2, -0.15) is 0 Å².